The van der Waals surface area contributed by atoms with Crippen molar-refractivity contribution < 1.29 is 9.53 Å². The topological polar surface area (TPSA) is 38.3 Å². The summed E-state index contributed by atoms with van der Waals surface area (Å²) >= 11 is 0. The molecule has 3 aromatic rings. The van der Waals surface area contributed by atoms with E-state index in [1.54, 1.807) is 7.11 Å². The molecule has 3 nitrogen and oxygen atoms in total. The Hall–Kier alpha value is -2.65. The molecule has 0 atom stereocenters. The first-order valence-electron chi connectivity index (χ1n) is 8.19. The lowest BCUT2D eigenvalue weighted by molar-refractivity contribution is 0.0936. The quantitative estimate of drug-likeness (QED) is 0.582. The summed E-state index contributed by atoms with van der Waals surface area (Å²) in [5.74, 6) is -0.0261. The fourth-order valence-electron chi connectivity index (χ4n) is 3.55. The number of nitrogens with one attached hydrogen (secondary N) is 1. The van der Waals surface area contributed by atoms with Crippen LogP contribution in [0.25, 0.3) is 21.9 Å². The number of rotatable bonds is 4. The van der Waals surface area contributed by atoms with Crippen molar-refractivity contribution in [2.24, 2.45) is 0 Å². The van der Waals surface area contributed by atoms with Gasteiger partial charge in [-0.1, -0.05) is 48.5 Å². The number of carbonyl (C=O) groups is 1. The third-order valence-electron chi connectivity index (χ3n) is 4.65. The molecule has 0 aliphatic heterocycles. The van der Waals surface area contributed by atoms with Crippen molar-refractivity contribution in [3.8, 4) is 11.1 Å². The molecule has 0 saturated heterocycles. The smallest absolute Gasteiger partial charge is 0.251 e. The molecular formula is C21H19NO2. The molecular weight excluding hydrogens is 298 g/mol. The lowest BCUT2D eigenvalue weighted by atomic mass is 9.93. The van der Waals surface area contributed by atoms with E-state index in [4.69, 9.17) is 4.74 Å². The Morgan fingerprint density at radius 3 is 2.79 bits per heavy atom. The summed E-state index contributed by atoms with van der Waals surface area (Å²) in [7, 11) is 1.64. The van der Waals surface area contributed by atoms with E-state index >= 15 is 0 Å². The van der Waals surface area contributed by atoms with E-state index in [9.17, 15) is 4.79 Å². The fraction of sp³-hybridized carbons (Fsp3) is 0.190. The van der Waals surface area contributed by atoms with Crippen molar-refractivity contribution in [1.82, 2.24) is 5.32 Å². The van der Waals surface area contributed by atoms with Crippen LogP contribution in [0, 0.1) is 0 Å². The van der Waals surface area contributed by atoms with Crippen LogP contribution in [0.5, 0.6) is 0 Å². The zero-order valence-corrected chi connectivity index (χ0v) is 13.6. The minimum absolute atomic E-state index is 0.0261. The molecule has 120 valence electrons. The Bertz CT molecular complexity index is 930. The molecule has 0 saturated carbocycles. The number of amides is 1. The Morgan fingerprint density at radius 2 is 1.92 bits per heavy atom. The summed E-state index contributed by atoms with van der Waals surface area (Å²) in [5, 5.41) is 5.27. The fourth-order valence-corrected chi connectivity index (χ4v) is 3.55. The summed E-state index contributed by atoms with van der Waals surface area (Å²) < 4.78 is 5.03. The molecule has 0 bridgehead atoms. The molecule has 1 aliphatic carbocycles. The van der Waals surface area contributed by atoms with Crippen molar-refractivity contribution in [2.45, 2.75) is 6.42 Å². The van der Waals surface area contributed by atoms with Gasteiger partial charge in [0.2, 0.25) is 0 Å². The highest BCUT2D eigenvalue weighted by Gasteiger charge is 2.25. The molecule has 1 amide bonds. The van der Waals surface area contributed by atoms with Gasteiger partial charge in [0.15, 0.2) is 0 Å². The number of carbonyl (C=O) groups excluding carboxylic acids is 1. The number of benzene rings is 3. The molecule has 1 N–H and O–H groups in total. The maximum atomic E-state index is 12.7. The van der Waals surface area contributed by atoms with Gasteiger partial charge in [0, 0.05) is 19.2 Å². The Kier molecular flexibility index (Phi) is 3.79. The van der Waals surface area contributed by atoms with Gasteiger partial charge in [0.05, 0.1) is 6.61 Å². The molecule has 3 aromatic carbocycles. The SMILES string of the molecule is COCCNC(=O)c1cc2ccccc2c2c1Cc1ccccc1-2. The number of hydrogen-bond donors (Lipinski definition) is 1. The van der Waals surface area contributed by atoms with E-state index in [-0.39, 0.29) is 5.91 Å². The average Bonchev–Trinajstić information content (AvgIpc) is 3.01. The number of ether oxygens (including phenoxy) is 1. The van der Waals surface area contributed by atoms with Crippen LogP contribution < -0.4 is 5.32 Å². The Balaban J connectivity index is 1.89. The van der Waals surface area contributed by atoms with Gasteiger partial charge in [-0.25, -0.2) is 0 Å². The number of fused-ring (bicyclic) bond motifs is 5. The van der Waals surface area contributed by atoms with Crippen molar-refractivity contribution in [2.75, 3.05) is 20.3 Å². The minimum atomic E-state index is -0.0261. The second-order valence-corrected chi connectivity index (χ2v) is 6.08. The lowest BCUT2D eigenvalue weighted by Gasteiger charge is -2.13. The van der Waals surface area contributed by atoms with Gasteiger partial charge in [0.25, 0.3) is 5.91 Å². The molecule has 1 aliphatic rings. The van der Waals surface area contributed by atoms with Crippen LogP contribution in [0.2, 0.25) is 0 Å². The first-order chi connectivity index (χ1) is 11.8. The van der Waals surface area contributed by atoms with Crippen molar-refractivity contribution >= 4 is 16.7 Å². The zero-order chi connectivity index (χ0) is 16.5. The monoisotopic (exact) mass is 317 g/mol. The Labute approximate surface area is 141 Å². The van der Waals surface area contributed by atoms with Crippen LogP contribution in [-0.2, 0) is 11.2 Å². The van der Waals surface area contributed by atoms with Crippen molar-refractivity contribution in [1.29, 1.82) is 0 Å². The molecule has 0 fully saturated rings. The zero-order valence-electron chi connectivity index (χ0n) is 13.6. The average molecular weight is 317 g/mol. The number of hydrogen-bond acceptors (Lipinski definition) is 2. The first-order valence-corrected chi connectivity index (χ1v) is 8.19. The largest absolute Gasteiger partial charge is 0.383 e. The van der Waals surface area contributed by atoms with E-state index in [1.165, 1.54) is 22.1 Å². The van der Waals surface area contributed by atoms with Crippen LogP contribution in [0.15, 0.2) is 54.6 Å². The van der Waals surface area contributed by atoms with Gasteiger partial charge in [-0.15, -0.1) is 0 Å². The van der Waals surface area contributed by atoms with Gasteiger partial charge in [-0.2, -0.15) is 0 Å². The highest BCUT2D eigenvalue weighted by atomic mass is 16.5. The number of methoxy groups -OCH3 is 1. The van der Waals surface area contributed by atoms with Crippen molar-refractivity contribution in [3.05, 3.63) is 71.3 Å². The summed E-state index contributed by atoms with van der Waals surface area (Å²) in [5.41, 5.74) is 5.64. The molecule has 0 heterocycles. The summed E-state index contributed by atoms with van der Waals surface area (Å²) in [6.07, 6.45) is 0.809. The predicted molar refractivity (Wildman–Crippen MR) is 96.4 cm³/mol. The third-order valence-corrected chi connectivity index (χ3v) is 4.65. The van der Waals surface area contributed by atoms with E-state index in [1.807, 2.05) is 12.1 Å². The molecule has 0 spiro atoms. The highest BCUT2D eigenvalue weighted by Crippen LogP contribution is 2.43. The highest BCUT2D eigenvalue weighted by molar-refractivity contribution is 6.09. The molecule has 0 aromatic heterocycles. The van der Waals surface area contributed by atoms with Gasteiger partial charge in [-0.3, -0.25) is 4.79 Å². The maximum Gasteiger partial charge on any atom is 0.251 e. The molecule has 3 heteroatoms. The predicted octanol–water partition coefficient (Wildman–Crippen LogP) is 3.79. The van der Waals surface area contributed by atoms with Gasteiger partial charge < -0.3 is 10.1 Å². The standard InChI is InChI=1S/C21H19NO2/c1-24-11-10-22-21(23)19-13-15-7-3-5-9-17(15)20-16-8-4-2-6-14(16)12-18(19)20/h2-9,13H,10-12H2,1H3,(H,22,23). The Morgan fingerprint density at radius 1 is 1.12 bits per heavy atom. The summed E-state index contributed by atoms with van der Waals surface area (Å²) in [6, 6.07) is 18.7. The second kappa shape index (κ2) is 6.10. The van der Waals surface area contributed by atoms with Crippen LogP contribution in [0.4, 0.5) is 0 Å². The van der Waals surface area contributed by atoms with Crippen LogP contribution >= 0.6 is 0 Å². The molecule has 0 radical (unpaired) electrons. The van der Waals surface area contributed by atoms with Crippen LogP contribution in [-0.4, -0.2) is 26.2 Å². The van der Waals surface area contributed by atoms with Gasteiger partial charge in [-0.05, 0) is 45.5 Å². The minimum Gasteiger partial charge on any atom is -0.383 e. The van der Waals surface area contributed by atoms with Crippen molar-refractivity contribution in [3.63, 3.8) is 0 Å². The second-order valence-electron chi connectivity index (χ2n) is 6.08. The van der Waals surface area contributed by atoms with E-state index in [0.717, 1.165) is 22.9 Å². The van der Waals surface area contributed by atoms with E-state index < -0.39 is 0 Å². The van der Waals surface area contributed by atoms with Gasteiger partial charge >= 0.3 is 0 Å². The molecule has 4 rings (SSSR count). The first kappa shape index (κ1) is 14.9. The van der Waals surface area contributed by atoms with Crippen LogP contribution in [0.3, 0.4) is 0 Å². The van der Waals surface area contributed by atoms with Gasteiger partial charge in [0.1, 0.15) is 0 Å². The third kappa shape index (κ3) is 2.38. The van der Waals surface area contributed by atoms with Crippen LogP contribution in [0.1, 0.15) is 21.5 Å². The van der Waals surface area contributed by atoms with E-state index in [2.05, 4.69) is 47.8 Å². The maximum absolute atomic E-state index is 12.7. The molecule has 24 heavy (non-hydrogen) atoms. The lowest BCUT2D eigenvalue weighted by Crippen LogP contribution is -2.27. The molecule has 0 unspecified atom stereocenters. The summed E-state index contributed by atoms with van der Waals surface area (Å²) in [4.78, 5) is 12.7. The summed E-state index contributed by atoms with van der Waals surface area (Å²) in [6.45, 7) is 1.03. The normalized spacial score (nSPS) is 12.0. The van der Waals surface area contributed by atoms with E-state index in [0.29, 0.717) is 13.2 Å².